The van der Waals surface area contributed by atoms with Crippen molar-refractivity contribution >= 4 is 0 Å². The van der Waals surface area contributed by atoms with E-state index in [-0.39, 0.29) is 0 Å². The van der Waals surface area contributed by atoms with Crippen molar-refractivity contribution in [2.75, 3.05) is 26.2 Å². The van der Waals surface area contributed by atoms with Crippen LogP contribution >= 0.6 is 0 Å². The van der Waals surface area contributed by atoms with Crippen molar-refractivity contribution in [3.63, 3.8) is 0 Å². The molecule has 1 rings (SSSR count). The molecule has 98 valence electrons. The van der Waals surface area contributed by atoms with E-state index < -0.39 is 0 Å². The van der Waals surface area contributed by atoms with Crippen LogP contribution in [0.15, 0.2) is 0 Å². The zero-order valence-corrected chi connectivity index (χ0v) is 11.5. The van der Waals surface area contributed by atoms with Gasteiger partial charge in [0, 0.05) is 19.0 Å². The molecule has 0 bridgehead atoms. The smallest absolute Gasteiger partial charge is 0.0220 e. The molecule has 1 heterocycles. The zero-order valence-electron chi connectivity index (χ0n) is 11.5. The lowest BCUT2D eigenvalue weighted by Crippen LogP contribution is -2.42. The fourth-order valence-corrected chi connectivity index (χ4v) is 2.46. The Hall–Kier alpha value is -0.520. The highest BCUT2D eigenvalue weighted by molar-refractivity contribution is 4.84. The van der Waals surface area contributed by atoms with Gasteiger partial charge in [-0.2, -0.15) is 0 Å². The molecule has 0 aliphatic carbocycles. The summed E-state index contributed by atoms with van der Waals surface area (Å²) in [5.41, 5.74) is 0. The first-order valence-corrected chi connectivity index (χ1v) is 7.17. The first kappa shape index (κ1) is 14.5. The van der Waals surface area contributed by atoms with Gasteiger partial charge in [-0.3, -0.25) is 0 Å². The number of unbranched alkanes of at least 4 members (excludes halogenated alkanes) is 2. The van der Waals surface area contributed by atoms with Gasteiger partial charge in [0.1, 0.15) is 0 Å². The van der Waals surface area contributed by atoms with Crippen LogP contribution in [0, 0.1) is 18.3 Å². The fourth-order valence-electron chi connectivity index (χ4n) is 2.46. The summed E-state index contributed by atoms with van der Waals surface area (Å²) in [5, 5.41) is 3.69. The largest absolute Gasteiger partial charge is 0.312 e. The molecule has 0 aromatic rings. The van der Waals surface area contributed by atoms with E-state index in [2.05, 4.69) is 30.0 Å². The molecule has 0 amide bonds. The maximum absolute atomic E-state index is 5.28. The van der Waals surface area contributed by atoms with Gasteiger partial charge in [-0.05, 0) is 44.8 Å². The summed E-state index contributed by atoms with van der Waals surface area (Å²) in [4.78, 5) is 2.62. The molecule has 1 fully saturated rings. The lowest BCUT2D eigenvalue weighted by molar-refractivity contribution is 0.235. The first-order valence-electron chi connectivity index (χ1n) is 7.17. The Morgan fingerprint density at radius 1 is 1.47 bits per heavy atom. The SMILES string of the molecule is C#CCCCCN1CCCNC(C(C)CC)C1. The first-order chi connectivity index (χ1) is 8.27. The minimum Gasteiger partial charge on any atom is -0.312 e. The maximum Gasteiger partial charge on any atom is 0.0220 e. The minimum atomic E-state index is 0.676. The lowest BCUT2D eigenvalue weighted by atomic mass is 9.99. The van der Waals surface area contributed by atoms with Crippen LogP contribution in [0.4, 0.5) is 0 Å². The molecule has 2 heteroatoms. The van der Waals surface area contributed by atoms with Crippen LogP contribution in [0.2, 0.25) is 0 Å². The van der Waals surface area contributed by atoms with Gasteiger partial charge in [-0.1, -0.05) is 20.3 Å². The Morgan fingerprint density at radius 2 is 2.29 bits per heavy atom. The molecule has 0 radical (unpaired) electrons. The van der Waals surface area contributed by atoms with Crippen LogP contribution in [0.5, 0.6) is 0 Å². The second kappa shape index (κ2) is 8.55. The third-order valence-electron chi connectivity index (χ3n) is 3.89. The highest BCUT2D eigenvalue weighted by Crippen LogP contribution is 2.13. The van der Waals surface area contributed by atoms with Gasteiger partial charge in [0.05, 0.1) is 0 Å². The molecule has 2 nitrogen and oxygen atoms in total. The molecule has 1 aliphatic rings. The van der Waals surface area contributed by atoms with Crippen LogP contribution in [-0.2, 0) is 0 Å². The molecule has 0 spiro atoms. The summed E-state index contributed by atoms with van der Waals surface area (Å²) in [5.74, 6) is 3.50. The minimum absolute atomic E-state index is 0.676. The average Bonchev–Trinajstić information content (AvgIpc) is 2.59. The van der Waals surface area contributed by atoms with Gasteiger partial charge < -0.3 is 10.2 Å². The average molecular weight is 236 g/mol. The molecule has 0 saturated carbocycles. The van der Waals surface area contributed by atoms with Crippen molar-refractivity contribution < 1.29 is 0 Å². The van der Waals surface area contributed by atoms with Crippen LogP contribution in [0.3, 0.4) is 0 Å². The third kappa shape index (κ3) is 5.57. The number of hydrogen-bond acceptors (Lipinski definition) is 2. The Balaban J connectivity index is 2.30. The van der Waals surface area contributed by atoms with Gasteiger partial charge in [-0.25, -0.2) is 0 Å². The zero-order chi connectivity index (χ0) is 12.5. The second-order valence-corrected chi connectivity index (χ2v) is 5.26. The Labute approximate surface area is 107 Å². The van der Waals surface area contributed by atoms with Crippen molar-refractivity contribution in [3.8, 4) is 12.3 Å². The molecule has 17 heavy (non-hydrogen) atoms. The van der Waals surface area contributed by atoms with E-state index in [9.17, 15) is 0 Å². The van der Waals surface area contributed by atoms with Crippen molar-refractivity contribution in [1.29, 1.82) is 0 Å². The van der Waals surface area contributed by atoms with Crippen LogP contribution in [-0.4, -0.2) is 37.1 Å². The van der Waals surface area contributed by atoms with E-state index in [0.29, 0.717) is 6.04 Å². The molecular formula is C15H28N2. The van der Waals surface area contributed by atoms with Crippen LogP contribution < -0.4 is 5.32 Å². The van der Waals surface area contributed by atoms with E-state index in [1.807, 2.05) is 0 Å². The van der Waals surface area contributed by atoms with Gasteiger partial charge in [0.15, 0.2) is 0 Å². The summed E-state index contributed by atoms with van der Waals surface area (Å²) in [7, 11) is 0. The van der Waals surface area contributed by atoms with Gasteiger partial charge in [-0.15, -0.1) is 12.3 Å². The van der Waals surface area contributed by atoms with Gasteiger partial charge in [0.25, 0.3) is 0 Å². The highest BCUT2D eigenvalue weighted by atomic mass is 15.2. The molecule has 2 atom stereocenters. The summed E-state index contributed by atoms with van der Waals surface area (Å²) < 4.78 is 0. The van der Waals surface area contributed by atoms with Crippen molar-refractivity contribution in [2.45, 2.75) is 52.0 Å². The summed E-state index contributed by atoms with van der Waals surface area (Å²) in [6.45, 7) is 9.50. The molecular weight excluding hydrogens is 208 g/mol. The third-order valence-corrected chi connectivity index (χ3v) is 3.89. The van der Waals surface area contributed by atoms with E-state index >= 15 is 0 Å². The Morgan fingerprint density at radius 3 is 3.00 bits per heavy atom. The van der Waals surface area contributed by atoms with Crippen molar-refractivity contribution in [3.05, 3.63) is 0 Å². The van der Waals surface area contributed by atoms with Gasteiger partial charge in [0.2, 0.25) is 0 Å². The van der Waals surface area contributed by atoms with Crippen molar-refractivity contribution in [2.24, 2.45) is 5.92 Å². The number of terminal acetylenes is 1. The number of nitrogens with zero attached hydrogens (tertiary/aromatic N) is 1. The molecule has 2 unspecified atom stereocenters. The quantitative estimate of drug-likeness (QED) is 0.563. The molecule has 1 aliphatic heterocycles. The van der Waals surface area contributed by atoms with Gasteiger partial charge >= 0.3 is 0 Å². The predicted octanol–water partition coefficient (Wildman–Crippen LogP) is 2.50. The number of hydrogen-bond donors (Lipinski definition) is 1. The maximum atomic E-state index is 5.28. The van der Waals surface area contributed by atoms with Crippen LogP contribution in [0.1, 0.15) is 46.0 Å². The Kier molecular flexibility index (Phi) is 7.32. The van der Waals surface area contributed by atoms with E-state index in [1.165, 1.54) is 51.9 Å². The lowest BCUT2D eigenvalue weighted by Gasteiger charge is -2.28. The van der Waals surface area contributed by atoms with Crippen LogP contribution in [0.25, 0.3) is 0 Å². The highest BCUT2D eigenvalue weighted by Gasteiger charge is 2.21. The molecule has 0 aromatic heterocycles. The summed E-state index contributed by atoms with van der Waals surface area (Å²) in [6, 6.07) is 0.676. The van der Waals surface area contributed by atoms with E-state index in [4.69, 9.17) is 6.42 Å². The fraction of sp³-hybridized carbons (Fsp3) is 0.867. The molecule has 1 N–H and O–H groups in total. The topological polar surface area (TPSA) is 15.3 Å². The summed E-state index contributed by atoms with van der Waals surface area (Å²) >= 11 is 0. The number of rotatable bonds is 6. The Bertz CT molecular complexity index is 232. The summed E-state index contributed by atoms with van der Waals surface area (Å²) in [6.07, 6.45) is 11.2. The molecule has 0 aromatic carbocycles. The molecule has 1 saturated heterocycles. The standard InChI is InChI=1S/C15H28N2/c1-4-6-7-8-11-17-12-9-10-16-15(13-17)14(3)5-2/h1,14-16H,5-13H2,2-3H3. The second-order valence-electron chi connectivity index (χ2n) is 5.26. The normalized spacial score (nSPS) is 23.9. The van der Waals surface area contributed by atoms with E-state index in [1.54, 1.807) is 0 Å². The predicted molar refractivity (Wildman–Crippen MR) is 75.0 cm³/mol. The monoisotopic (exact) mass is 236 g/mol. The number of nitrogens with one attached hydrogen (secondary N) is 1. The van der Waals surface area contributed by atoms with E-state index in [0.717, 1.165) is 12.3 Å². The van der Waals surface area contributed by atoms with Crippen molar-refractivity contribution in [1.82, 2.24) is 10.2 Å².